The second-order valence-electron chi connectivity index (χ2n) is 17.0. The van der Waals surface area contributed by atoms with Crippen LogP contribution in [0.3, 0.4) is 0 Å². The number of hydrogen-bond acceptors (Lipinski definition) is 8. The molecule has 0 aromatic rings. The smallest absolute Gasteiger partial charge is 0.462 e. The lowest BCUT2D eigenvalue weighted by molar-refractivity contribution is -0.161. The van der Waals surface area contributed by atoms with Crippen LogP contribution in [0.25, 0.3) is 0 Å². The van der Waals surface area contributed by atoms with Crippen LogP contribution in [0.15, 0.2) is 158 Å². The van der Waals surface area contributed by atoms with Gasteiger partial charge in [0.15, 0.2) is 6.10 Å². The number of carbonyl (C=O) groups is 2. The molecule has 0 aromatic heterocycles. The Morgan fingerprint density at radius 1 is 0.423 bits per heavy atom. The molecule has 0 fully saturated rings. The Morgan fingerprint density at radius 2 is 0.732 bits per heavy atom. The van der Waals surface area contributed by atoms with Crippen LogP contribution in [0.2, 0.25) is 0 Å². The Labute approximate surface area is 432 Å². The summed E-state index contributed by atoms with van der Waals surface area (Å²) in [7, 11) is -4.41. The van der Waals surface area contributed by atoms with Gasteiger partial charge in [-0.3, -0.25) is 18.6 Å². The molecule has 0 rings (SSSR count). The van der Waals surface area contributed by atoms with E-state index >= 15 is 0 Å². The summed E-state index contributed by atoms with van der Waals surface area (Å²) < 4.78 is 32.9. The number of hydrogen-bond donors (Lipinski definition) is 2. The van der Waals surface area contributed by atoms with E-state index in [1.54, 1.807) is 0 Å². The Kier molecular flexibility index (Phi) is 51.6. The van der Waals surface area contributed by atoms with Gasteiger partial charge in [0, 0.05) is 19.4 Å². The maximum atomic E-state index is 12.7. The maximum absolute atomic E-state index is 12.7. The fraction of sp³-hybridized carbons (Fsp3) is 0.541. The number of unbranched alkanes of at least 4 members (excludes halogenated alkanes) is 9. The average Bonchev–Trinajstić information content (AvgIpc) is 3.36. The molecule has 0 saturated carbocycles. The Balaban J connectivity index is 4.18. The summed E-state index contributed by atoms with van der Waals surface area (Å²) in [4.78, 5) is 35.1. The summed E-state index contributed by atoms with van der Waals surface area (Å²) in [6, 6.07) is 0. The Hall–Kier alpha value is -4.37. The highest BCUT2D eigenvalue weighted by molar-refractivity contribution is 7.47. The summed E-state index contributed by atoms with van der Waals surface area (Å²) in [5, 5.41) is 0. The lowest BCUT2D eigenvalue weighted by Gasteiger charge is -2.19. The highest BCUT2D eigenvalue weighted by Crippen LogP contribution is 2.43. The van der Waals surface area contributed by atoms with E-state index in [9.17, 15) is 19.0 Å². The van der Waals surface area contributed by atoms with Gasteiger partial charge in [0.05, 0.1) is 13.2 Å². The molecule has 0 aromatic carbocycles. The van der Waals surface area contributed by atoms with Gasteiger partial charge in [-0.15, -0.1) is 0 Å². The predicted octanol–water partition coefficient (Wildman–Crippen LogP) is 16.9. The van der Waals surface area contributed by atoms with Crippen molar-refractivity contribution in [1.82, 2.24) is 0 Å². The molecule has 9 nitrogen and oxygen atoms in total. The number of phosphoric ester groups is 1. The van der Waals surface area contributed by atoms with Gasteiger partial charge in [0.25, 0.3) is 0 Å². The molecule has 71 heavy (non-hydrogen) atoms. The largest absolute Gasteiger partial charge is 0.472 e. The van der Waals surface area contributed by atoms with E-state index in [4.69, 9.17) is 24.3 Å². The van der Waals surface area contributed by atoms with Crippen molar-refractivity contribution in [2.45, 2.75) is 187 Å². The van der Waals surface area contributed by atoms with Crippen LogP contribution < -0.4 is 5.73 Å². The second-order valence-corrected chi connectivity index (χ2v) is 18.4. The van der Waals surface area contributed by atoms with Gasteiger partial charge in [-0.2, -0.15) is 0 Å². The molecule has 0 aliphatic heterocycles. The van der Waals surface area contributed by atoms with Crippen LogP contribution in [0, 0.1) is 0 Å². The van der Waals surface area contributed by atoms with E-state index in [-0.39, 0.29) is 32.6 Å². The van der Waals surface area contributed by atoms with Crippen LogP contribution in [-0.4, -0.2) is 49.3 Å². The summed E-state index contributed by atoms with van der Waals surface area (Å²) >= 11 is 0. The highest BCUT2D eigenvalue weighted by Gasteiger charge is 2.26. The van der Waals surface area contributed by atoms with E-state index in [1.807, 2.05) is 0 Å². The van der Waals surface area contributed by atoms with Crippen molar-refractivity contribution in [1.29, 1.82) is 0 Å². The third kappa shape index (κ3) is 54.8. The van der Waals surface area contributed by atoms with E-state index in [1.165, 1.54) is 0 Å². The molecule has 0 aliphatic carbocycles. The minimum absolute atomic E-state index is 0.0357. The molecule has 2 atom stereocenters. The quantitative estimate of drug-likeness (QED) is 0.0264. The summed E-state index contributed by atoms with van der Waals surface area (Å²) in [6.45, 7) is 3.42. The number of allylic oxidation sites excluding steroid dienone is 26. The Bertz CT molecular complexity index is 1710. The molecular formula is C61H96NO8P. The first-order valence-corrected chi connectivity index (χ1v) is 28.5. The summed E-state index contributed by atoms with van der Waals surface area (Å²) in [6.07, 6.45) is 80.0. The van der Waals surface area contributed by atoms with Gasteiger partial charge in [0.2, 0.25) is 0 Å². The number of rotatable bonds is 48. The van der Waals surface area contributed by atoms with Crippen molar-refractivity contribution < 1.29 is 37.6 Å². The molecule has 0 bridgehead atoms. The van der Waals surface area contributed by atoms with Gasteiger partial charge in [0.1, 0.15) is 6.61 Å². The first kappa shape index (κ1) is 66.6. The fourth-order valence-electron chi connectivity index (χ4n) is 6.50. The number of phosphoric acid groups is 1. The first-order chi connectivity index (χ1) is 34.8. The molecule has 3 N–H and O–H groups in total. The zero-order chi connectivity index (χ0) is 51.7. The molecule has 10 heteroatoms. The highest BCUT2D eigenvalue weighted by atomic mass is 31.2. The number of esters is 2. The van der Waals surface area contributed by atoms with Gasteiger partial charge >= 0.3 is 19.8 Å². The number of carbonyl (C=O) groups excluding carboxylic acids is 2. The monoisotopic (exact) mass is 1000 g/mol. The van der Waals surface area contributed by atoms with Gasteiger partial charge in [-0.05, 0) is 122 Å². The molecule has 0 saturated heterocycles. The first-order valence-electron chi connectivity index (χ1n) is 27.0. The molecule has 0 spiro atoms. The molecule has 0 heterocycles. The second kappa shape index (κ2) is 55.0. The molecule has 2 unspecified atom stereocenters. The lowest BCUT2D eigenvalue weighted by atomic mass is 10.1. The van der Waals surface area contributed by atoms with Crippen LogP contribution >= 0.6 is 7.82 Å². The fourth-order valence-corrected chi connectivity index (χ4v) is 7.26. The van der Waals surface area contributed by atoms with E-state index in [0.717, 1.165) is 141 Å². The summed E-state index contributed by atoms with van der Waals surface area (Å²) in [5.41, 5.74) is 5.37. The molecule has 0 amide bonds. The zero-order valence-corrected chi connectivity index (χ0v) is 45.0. The Morgan fingerprint density at radius 3 is 1.10 bits per heavy atom. The lowest BCUT2D eigenvalue weighted by Crippen LogP contribution is -2.29. The topological polar surface area (TPSA) is 134 Å². The van der Waals surface area contributed by atoms with Crippen LogP contribution in [0.1, 0.15) is 181 Å². The third-order valence-corrected chi connectivity index (χ3v) is 11.4. The van der Waals surface area contributed by atoms with Crippen molar-refractivity contribution in [3.63, 3.8) is 0 Å². The van der Waals surface area contributed by atoms with E-state index < -0.39 is 32.5 Å². The maximum Gasteiger partial charge on any atom is 0.472 e. The van der Waals surface area contributed by atoms with Gasteiger partial charge < -0.3 is 20.1 Å². The van der Waals surface area contributed by atoms with Crippen molar-refractivity contribution in [3.8, 4) is 0 Å². The average molecular weight is 1000 g/mol. The minimum Gasteiger partial charge on any atom is -0.462 e. The van der Waals surface area contributed by atoms with E-state index in [0.29, 0.717) is 12.8 Å². The number of ether oxygens (including phenoxy) is 2. The molecule has 0 aliphatic rings. The van der Waals surface area contributed by atoms with Crippen molar-refractivity contribution in [2.75, 3.05) is 26.4 Å². The number of nitrogens with two attached hydrogens (primary N) is 1. The predicted molar refractivity (Wildman–Crippen MR) is 302 cm³/mol. The van der Waals surface area contributed by atoms with Gasteiger partial charge in [-0.25, -0.2) is 4.57 Å². The van der Waals surface area contributed by atoms with Crippen molar-refractivity contribution >= 4 is 19.8 Å². The normalized spacial score (nSPS) is 14.4. The SMILES string of the molecule is CC/C=C\C/C=C\C/C=C\C/C=C\C/C=C\C/C=C\C/C=C\C/C=C\C/C=C\CCCCCC(=O)OC(COC(=O)CCCCCCCC/C=C\C/C=C\C/C=C\C/C=C\CC)COP(=O)(O)OCCN. The van der Waals surface area contributed by atoms with Crippen LogP contribution in [0.5, 0.6) is 0 Å². The van der Waals surface area contributed by atoms with Crippen LogP contribution in [0.4, 0.5) is 0 Å². The molecule has 0 radical (unpaired) electrons. The standard InChI is InChI=1S/C61H96NO8P/c1-3-5-7-9-11-13-15-17-19-21-23-24-25-26-27-28-29-30-31-32-33-34-36-38-40-42-44-46-48-50-52-54-61(64)70-59(58-69-71(65,66)68-56-55-62)57-67-60(63)53-51-49-47-45-43-41-39-37-35-22-20-18-16-14-12-10-8-6-4-2/h5-8,11-14,17-20,23-24,26-27,29-30,32-33,35-38,42,44,59H,3-4,9-10,15-16,21-22,25,28,31,34,39-41,43,45-58,62H2,1-2H3,(H,65,66)/b7-5-,8-6-,13-11-,14-12-,19-17-,20-18-,24-23-,27-26-,30-29-,33-32-,37-35-,38-36-,44-42-. The van der Waals surface area contributed by atoms with Crippen LogP contribution in [-0.2, 0) is 32.7 Å². The van der Waals surface area contributed by atoms with Gasteiger partial charge in [-0.1, -0.05) is 204 Å². The third-order valence-electron chi connectivity index (χ3n) is 10.4. The minimum atomic E-state index is -4.41. The zero-order valence-electron chi connectivity index (χ0n) is 44.1. The van der Waals surface area contributed by atoms with Crippen molar-refractivity contribution in [3.05, 3.63) is 158 Å². The molecular weight excluding hydrogens is 906 g/mol. The van der Waals surface area contributed by atoms with Crippen molar-refractivity contribution in [2.24, 2.45) is 5.73 Å². The van der Waals surface area contributed by atoms with E-state index in [2.05, 4.69) is 172 Å². The molecule has 398 valence electrons. The summed E-state index contributed by atoms with van der Waals surface area (Å²) in [5.74, 6) is -0.899.